The van der Waals surface area contributed by atoms with Crippen molar-refractivity contribution in [2.45, 2.75) is 64.7 Å². The van der Waals surface area contributed by atoms with Gasteiger partial charge in [-0.25, -0.2) is 9.59 Å². The number of nitriles is 1. The Balaban J connectivity index is 2.90. The molecule has 0 bridgehead atoms. The summed E-state index contributed by atoms with van der Waals surface area (Å²) in [6.45, 7) is 5.14. The normalized spacial score (nSPS) is 12.8. The number of nitrogens with zero attached hydrogens (tertiary/aromatic N) is 1. The van der Waals surface area contributed by atoms with Gasteiger partial charge in [0.2, 0.25) is 0 Å². The number of amides is 1. The van der Waals surface area contributed by atoms with Gasteiger partial charge in [0.15, 0.2) is 0 Å². The van der Waals surface area contributed by atoms with Crippen LogP contribution in [0, 0.1) is 17.2 Å². The predicted octanol–water partition coefficient (Wildman–Crippen LogP) is 3.50. The third-order valence-electron chi connectivity index (χ3n) is 4.10. The zero-order chi connectivity index (χ0) is 22.6. The molecule has 0 saturated heterocycles. The van der Waals surface area contributed by atoms with Gasteiger partial charge in [0.05, 0.1) is 19.1 Å². The number of hydrogen-bond donors (Lipinski definition) is 1. The molecule has 0 aliphatic carbocycles. The fraction of sp³-hybridized carbons (Fsp3) is 0.545. The predicted molar refractivity (Wildman–Crippen MR) is 109 cm³/mol. The van der Waals surface area contributed by atoms with Gasteiger partial charge in [-0.2, -0.15) is 5.26 Å². The molecule has 0 aromatic heterocycles. The average Bonchev–Trinajstić information content (AvgIpc) is 2.69. The molecule has 0 unspecified atom stereocenters. The number of methoxy groups -OCH3 is 1. The van der Waals surface area contributed by atoms with E-state index in [0.29, 0.717) is 12.8 Å². The zero-order valence-electron chi connectivity index (χ0n) is 18.0. The van der Waals surface area contributed by atoms with Crippen molar-refractivity contribution >= 4 is 18.0 Å². The first kappa shape index (κ1) is 25.0. The van der Waals surface area contributed by atoms with Crippen LogP contribution in [0.4, 0.5) is 4.79 Å². The molecule has 0 saturated carbocycles. The maximum absolute atomic E-state index is 12.7. The summed E-state index contributed by atoms with van der Waals surface area (Å²) in [6.07, 6.45) is 0.277. The van der Waals surface area contributed by atoms with Gasteiger partial charge in [0.25, 0.3) is 0 Å². The largest absolute Gasteiger partial charge is 0.469 e. The molecule has 164 valence electrons. The number of carbonyl (C=O) groups is 3. The van der Waals surface area contributed by atoms with Gasteiger partial charge >= 0.3 is 18.0 Å². The van der Waals surface area contributed by atoms with E-state index in [-0.39, 0.29) is 19.4 Å². The highest BCUT2D eigenvalue weighted by atomic mass is 16.6. The third kappa shape index (κ3) is 9.92. The van der Waals surface area contributed by atoms with E-state index in [1.54, 1.807) is 20.8 Å². The standard InChI is InChI=1S/C22H30N2O6/c1-22(2,3)30-21(27)24-18(14-17(19(25)28-4)12-8-9-13-23)20(26)29-15-16-10-6-5-7-11-16/h5-7,10-11,17-18H,8-9,12,14-15H2,1-4H3,(H,24,27)/t17-,18-/m0/s1. The number of ether oxygens (including phenoxy) is 3. The SMILES string of the molecule is COC(=O)[C@@H](CCCC#N)C[C@H](NC(=O)OC(C)(C)C)C(=O)OCc1ccccc1. The van der Waals surface area contributed by atoms with Crippen LogP contribution in [0.3, 0.4) is 0 Å². The van der Waals surface area contributed by atoms with E-state index in [4.69, 9.17) is 19.5 Å². The number of alkyl carbamates (subject to hydrolysis) is 1. The van der Waals surface area contributed by atoms with E-state index < -0.39 is 35.6 Å². The summed E-state index contributed by atoms with van der Waals surface area (Å²) in [5.74, 6) is -1.87. The third-order valence-corrected chi connectivity index (χ3v) is 4.10. The van der Waals surface area contributed by atoms with Gasteiger partial charge in [0.1, 0.15) is 18.2 Å². The molecule has 0 fully saturated rings. The fourth-order valence-electron chi connectivity index (χ4n) is 2.70. The van der Waals surface area contributed by atoms with Crippen LogP contribution in [0.2, 0.25) is 0 Å². The highest BCUT2D eigenvalue weighted by molar-refractivity contribution is 5.82. The van der Waals surface area contributed by atoms with Crippen molar-refractivity contribution in [2.75, 3.05) is 7.11 Å². The molecule has 8 heteroatoms. The Labute approximate surface area is 177 Å². The summed E-state index contributed by atoms with van der Waals surface area (Å²) in [5.41, 5.74) is 0.0392. The van der Waals surface area contributed by atoms with E-state index in [0.717, 1.165) is 5.56 Å². The molecule has 1 aromatic carbocycles. The number of carbonyl (C=O) groups excluding carboxylic acids is 3. The minimum absolute atomic E-state index is 0.0228. The summed E-state index contributed by atoms with van der Waals surface area (Å²) in [6, 6.07) is 10.0. The van der Waals surface area contributed by atoms with Crippen LogP contribution in [0.1, 0.15) is 52.0 Å². The maximum atomic E-state index is 12.7. The van der Waals surface area contributed by atoms with Crippen LogP contribution in [0.15, 0.2) is 30.3 Å². The summed E-state index contributed by atoms with van der Waals surface area (Å²) >= 11 is 0. The lowest BCUT2D eigenvalue weighted by atomic mass is 9.94. The fourth-order valence-corrected chi connectivity index (χ4v) is 2.70. The monoisotopic (exact) mass is 418 g/mol. The van der Waals surface area contributed by atoms with Gasteiger partial charge < -0.3 is 19.5 Å². The first-order valence-electron chi connectivity index (χ1n) is 9.81. The molecule has 1 N–H and O–H groups in total. The molecule has 30 heavy (non-hydrogen) atoms. The first-order valence-corrected chi connectivity index (χ1v) is 9.81. The van der Waals surface area contributed by atoms with Crippen molar-refractivity contribution in [1.29, 1.82) is 5.26 Å². The molecule has 0 radical (unpaired) electrons. The minimum atomic E-state index is -1.10. The molecule has 1 aromatic rings. The van der Waals surface area contributed by atoms with E-state index >= 15 is 0 Å². The Kier molecular flexibility index (Phi) is 10.4. The van der Waals surface area contributed by atoms with Crippen LogP contribution in [-0.4, -0.2) is 36.8 Å². The topological polar surface area (TPSA) is 115 Å². The van der Waals surface area contributed by atoms with Crippen LogP contribution in [-0.2, 0) is 30.4 Å². The van der Waals surface area contributed by atoms with E-state index in [9.17, 15) is 14.4 Å². The number of esters is 2. The maximum Gasteiger partial charge on any atom is 0.408 e. The molecule has 2 atom stereocenters. The zero-order valence-corrected chi connectivity index (χ0v) is 18.0. The number of nitrogens with one attached hydrogen (secondary N) is 1. The second kappa shape index (κ2) is 12.5. The quantitative estimate of drug-likeness (QED) is 0.351. The Morgan fingerprint density at radius 1 is 1.13 bits per heavy atom. The van der Waals surface area contributed by atoms with Crippen LogP contribution < -0.4 is 5.32 Å². The molecular weight excluding hydrogens is 388 g/mol. The van der Waals surface area contributed by atoms with Crippen LogP contribution >= 0.6 is 0 Å². The lowest BCUT2D eigenvalue weighted by molar-refractivity contribution is -0.150. The Morgan fingerprint density at radius 2 is 1.80 bits per heavy atom. The highest BCUT2D eigenvalue weighted by Crippen LogP contribution is 2.19. The van der Waals surface area contributed by atoms with Gasteiger partial charge in [0, 0.05) is 6.42 Å². The minimum Gasteiger partial charge on any atom is -0.469 e. The van der Waals surface area contributed by atoms with Gasteiger partial charge in [-0.15, -0.1) is 0 Å². The molecule has 1 rings (SSSR count). The summed E-state index contributed by atoms with van der Waals surface area (Å²) < 4.78 is 15.4. The van der Waals surface area contributed by atoms with Gasteiger partial charge in [-0.3, -0.25) is 4.79 Å². The van der Waals surface area contributed by atoms with Crippen LogP contribution in [0.25, 0.3) is 0 Å². The second-order valence-electron chi connectivity index (χ2n) is 7.80. The van der Waals surface area contributed by atoms with E-state index in [2.05, 4.69) is 5.32 Å². The number of benzene rings is 1. The van der Waals surface area contributed by atoms with Crippen molar-refractivity contribution < 1.29 is 28.6 Å². The molecule has 0 spiro atoms. The van der Waals surface area contributed by atoms with Crippen molar-refractivity contribution in [1.82, 2.24) is 5.32 Å². The van der Waals surface area contributed by atoms with E-state index in [1.807, 2.05) is 36.4 Å². The van der Waals surface area contributed by atoms with Crippen molar-refractivity contribution in [3.05, 3.63) is 35.9 Å². The number of unbranched alkanes of at least 4 members (excludes halogenated alkanes) is 1. The lowest BCUT2D eigenvalue weighted by Gasteiger charge is -2.25. The highest BCUT2D eigenvalue weighted by Gasteiger charge is 2.31. The molecule has 0 aliphatic heterocycles. The molecule has 0 heterocycles. The van der Waals surface area contributed by atoms with Gasteiger partial charge in [-0.05, 0) is 45.6 Å². The molecule has 0 aliphatic rings. The van der Waals surface area contributed by atoms with E-state index in [1.165, 1.54) is 7.11 Å². The molecule has 1 amide bonds. The Morgan fingerprint density at radius 3 is 2.37 bits per heavy atom. The smallest absolute Gasteiger partial charge is 0.408 e. The number of rotatable bonds is 10. The molecule has 8 nitrogen and oxygen atoms in total. The average molecular weight is 418 g/mol. The Bertz CT molecular complexity index is 736. The van der Waals surface area contributed by atoms with Crippen molar-refractivity contribution in [3.8, 4) is 6.07 Å². The molecular formula is C22H30N2O6. The Hall–Kier alpha value is -3.08. The first-order chi connectivity index (χ1) is 14.2. The number of hydrogen-bond acceptors (Lipinski definition) is 7. The van der Waals surface area contributed by atoms with Crippen molar-refractivity contribution in [3.63, 3.8) is 0 Å². The summed E-state index contributed by atoms with van der Waals surface area (Å²) in [4.78, 5) is 37.1. The second-order valence-corrected chi connectivity index (χ2v) is 7.80. The summed E-state index contributed by atoms with van der Waals surface area (Å²) in [5, 5.41) is 11.2. The van der Waals surface area contributed by atoms with Crippen LogP contribution in [0.5, 0.6) is 0 Å². The van der Waals surface area contributed by atoms with Gasteiger partial charge in [-0.1, -0.05) is 30.3 Å². The lowest BCUT2D eigenvalue weighted by Crippen LogP contribution is -2.46. The van der Waals surface area contributed by atoms with Crippen molar-refractivity contribution in [2.24, 2.45) is 5.92 Å². The summed E-state index contributed by atoms with van der Waals surface area (Å²) in [7, 11) is 1.25.